The molecule has 0 fully saturated rings. The zero-order valence-electron chi connectivity index (χ0n) is 28.5. The third-order valence-corrected chi connectivity index (χ3v) is 10.4. The minimum atomic E-state index is 1.11. The summed E-state index contributed by atoms with van der Waals surface area (Å²) in [6.45, 7) is 0. The first-order valence-electron chi connectivity index (χ1n) is 17.9. The second-order valence-electron chi connectivity index (χ2n) is 13.3. The largest absolute Gasteiger partial charge is 0.309 e. The van der Waals surface area contributed by atoms with Crippen molar-refractivity contribution in [3.63, 3.8) is 0 Å². The zero-order chi connectivity index (χ0) is 34.4. The molecular formula is C50H34N2. The molecule has 0 atom stereocenters. The summed E-state index contributed by atoms with van der Waals surface area (Å²) < 4.78 is 2.45. The van der Waals surface area contributed by atoms with Crippen molar-refractivity contribution in [2.75, 3.05) is 4.90 Å². The molecule has 0 radical (unpaired) electrons. The van der Waals surface area contributed by atoms with Gasteiger partial charge in [-0.25, -0.2) is 0 Å². The van der Waals surface area contributed by atoms with Gasteiger partial charge in [-0.15, -0.1) is 0 Å². The lowest BCUT2D eigenvalue weighted by molar-refractivity contribution is 1.18. The molecule has 52 heavy (non-hydrogen) atoms. The van der Waals surface area contributed by atoms with Crippen molar-refractivity contribution in [3.05, 3.63) is 206 Å². The molecule has 1 aromatic heterocycles. The van der Waals surface area contributed by atoms with Gasteiger partial charge in [0, 0.05) is 27.6 Å². The van der Waals surface area contributed by atoms with Crippen LogP contribution in [-0.4, -0.2) is 4.57 Å². The van der Waals surface area contributed by atoms with Gasteiger partial charge >= 0.3 is 0 Å². The number of hydrogen-bond acceptors (Lipinski definition) is 1. The van der Waals surface area contributed by atoms with Crippen molar-refractivity contribution in [1.29, 1.82) is 0 Å². The van der Waals surface area contributed by atoms with Crippen LogP contribution in [-0.2, 0) is 0 Å². The molecule has 2 heteroatoms. The average molecular weight is 663 g/mol. The lowest BCUT2D eigenvalue weighted by Crippen LogP contribution is -2.11. The normalized spacial score (nSPS) is 11.5. The Morgan fingerprint density at radius 1 is 0.346 bits per heavy atom. The van der Waals surface area contributed by atoms with E-state index in [-0.39, 0.29) is 0 Å². The summed E-state index contributed by atoms with van der Waals surface area (Å²) in [6, 6.07) is 74.7. The van der Waals surface area contributed by atoms with Crippen LogP contribution in [0.1, 0.15) is 0 Å². The molecule has 10 rings (SSSR count). The van der Waals surface area contributed by atoms with E-state index in [1.807, 2.05) is 0 Å². The third-order valence-electron chi connectivity index (χ3n) is 10.4. The van der Waals surface area contributed by atoms with Crippen LogP contribution in [0.25, 0.3) is 71.3 Å². The van der Waals surface area contributed by atoms with Crippen LogP contribution in [0.3, 0.4) is 0 Å². The summed E-state index contributed by atoms with van der Waals surface area (Å²) in [4.78, 5) is 2.47. The number of fused-ring (bicyclic) bond motifs is 6. The Bertz CT molecular complexity index is 2900. The second kappa shape index (κ2) is 12.5. The summed E-state index contributed by atoms with van der Waals surface area (Å²) in [6.07, 6.45) is 0. The SMILES string of the molecule is c1ccc(-c2ccccc2N(c2ccc3c(ccc4ccccc43)c2)c2cccc3c2c2ccccc2n3-c2ccccc2-c2ccccc2)cc1. The van der Waals surface area contributed by atoms with Crippen molar-refractivity contribution < 1.29 is 0 Å². The smallest absolute Gasteiger partial charge is 0.0562 e. The number of aromatic nitrogens is 1. The first-order chi connectivity index (χ1) is 25.8. The van der Waals surface area contributed by atoms with Gasteiger partial charge in [0.2, 0.25) is 0 Å². The lowest BCUT2D eigenvalue weighted by atomic mass is 9.99. The zero-order valence-corrected chi connectivity index (χ0v) is 28.5. The number of anilines is 3. The quantitative estimate of drug-likeness (QED) is 0.161. The van der Waals surface area contributed by atoms with E-state index < -0.39 is 0 Å². The van der Waals surface area contributed by atoms with E-state index in [9.17, 15) is 0 Å². The fraction of sp³-hybridized carbons (Fsp3) is 0. The predicted molar refractivity (Wildman–Crippen MR) is 221 cm³/mol. The molecule has 10 aromatic rings. The molecule has 0 unspecified atom stereocenters. The number of para-hydroxylation sites is 3. The molecule has 0 bridgehead atoms. The van der Waals surface area contributed by atoms with Gasteiger partial charge in [-0.05, 0) is 75.1 Å². The fourth-order valence-corrected chi connectivity index (χ4v) is 8.05. The lowest BCUT2D eigenvalue weighted by Gasteiger charge is -2.29. The average Bonchev–Trinajstić information content (AvgIpc) is 3.56. The van der Waals surface area contributed by atoms with Crippen LogP contribution in [0.15, 0.2) is 206 Å². The molecule has 2 nitrogen and oxygen atoms in total. The maximum absolute atomic E-state index is 2.47. The molecule has 0 spiro atoms. The highest BCUT2D eigenvalue weighted by molar-refractivity contribution is 6.18. The minimum absolute atomic E-state index is 1.11. The summed E-state index contributed by atoms with van der Waals surface area (Å²) in [7, 11) is 0. The van der Waals surface area contributed by atoms with Gasteiger partial charge in [0.1, 0.15) is 0 Å². The van der Waals surface area contributed by atoms with Gasteiger partial charge in [-0.1, -0.05) is 164 Å². The van der Waals surface area contributed by atoms with Gasteiger partial charge in [0.15, 0.2) is 0 Å². The van der Waals surface area contributed by atoms with Crippen LogP contribution in [0.4, 0.5) is 17.1 Å². The molecule has 244 valence electrons. The molecule has 0 aliphatic heterocycles. The van der Waals surface area contributed by atoms with Crippen molar-refractivity contribution in [2.45, 2.75) is 0 Å². The molecule has 1 heterocycles. The number of hydrogen-bond donors (Lipinski definition) is 0. The highest BCUT2D eigenvalue weighted by Crippen LogP contribution is 2.47. The molecule has 0 saturated heterocycles. The predicted octanol–water partition coefficient (Wildman–Crippen LogP) is 13.9. The Hall–Kier alpha value is -6.90. The Kier molecular flexibility index (Phi) is 7.18. The van der Waals surface area contributed by atoms with E-state index in [1.54, 1.807) is 0 Å². The Morgan fingerprint density at radius 3 is 1.75 bits per heavy atom. The highest BCUT2D eigenvalue weighted by atomic mass is 15.2. The van der Waals surface area contributed by atoms with E-state index in [0.717, 1.165) is 28.3 Å². The topological polar surface area (TPSA) is 8.17 Å². The molecular weight excluding hydrogens is 629 g/mol. The van der Waals surface area contributed by atoms with Gasteiger partial charge in [0.05, 0.1) is 28.1 Å². The van der Waals surface area contributed by atoms with Crippen LogP contribution in [0, 0.1) is 0 Å². The van der Waals surface area contributed by atoms with Gasteiger partial charge < -0.3 is 9.47 Å². The maximum atomic E-state index is 2.47. The van der Waals surface area contributed by atoms with Crippen molar-refractivity contribution in [2.24, 2.45) is 0 Å². The van der Waals surface area contributed by atoms with Crippen LogP contribution in [0.5, 0.6) is 0 Å². The maximum Gasteiger partial charge on any atom is 0.0562 e. The van der Waals surface area contributed by atoms with E-state index in [1.165, 1.54) is 60.1 Å². The summed E-state index contributed by atoms with van der Waals surface area (Å²) in [5.41, 5.74) is 11.6. The molecule has 0 saturated carbocycles. The summed E-state index contributed by atoms with van der Waals surface area (Å²) >= 11 is 0. The fourth-order valence-electron chi connectivity index (χ4n) is 8.05. The van der Waals surface area contributed by atoms with Gasteiger partial charge in [-0.3, -0.25) is 0 Å². The van der Waals surface area contributed by atoms with E-state index in [2.05, 4.69) is 216 Å². The van der Waals surface area contributed by atoms with Crippen LogP contribution >= 0.6 is 0 Å². The van der Waals surface area contributed by atoms with E-state index in [4.69, 9.17) is 0 Å². The van der Waals surface area contributed by atoms with Crippen molar-refractivity contribution in [3.8, 4) is 27.9 Å². The molecule has 0 aliphatic carbocycles. The first kappa shape index (κ1) is 30.0. The Balaban J connectivity index is 1.29. The molecule has 9 aromatic carbocycles. The number of benzene rings is 9. The van der Waals surface area contributed by atoms with Crippen LogP contribution < -0.4 is 4.90 Å². The Labute approximate surface area is 303 Å². The summed E-state index contributed by atoms with van der Waals surface area (Å²) in [5, 5.41) is 7.41. The third kappa shape index (κ3) is 4.88. The standard InChI is InChI=1S/C50H34N2/c1-3-16-35(17-4-1)42-22-9-12-25-45(42)51(39-32-33-41-38(34-39)31-30-37-20-7-8-21-40(37)41)48-28-15-29-49-50(48)44-24-11-14-27-47(44)52(49)46-26-13-10-23-43(46)36-18-5-2-6-19-36/h1-34H. The minimum Gasteiger partial charge on any atom is -0.309 e. The van der Waals surface area contributed by atoms with Gasteiger partial charge in [0.25, 0.3) is 0 Å². The van der Waals surface area contributed by atoms with Crippen molar-refractivity contribution in [1.82, 2.24) is 4.57 Å². The molecule has 0 aliphatic rings. The number of rotatable bonds is 6. The highest BCUT2D eigenvalue weighted by Gasteiger charge is 2.24. The second-order valence-corrected chi connectivity index (χ2v) is 13.3. The van der Waals surface area contributed by atoms with E-state index in [0.29, 0.717) is 0 Å². The van der Waals surface area contributed by atoms with Crippen LogP contribution in [0.2, 0.25) is 0 Å². The molecule has 0 amide bonds. The van der Waals surface area contributed by atoms with Crippen molar-refractivity contribution >= 4 is 60.4 Å². The number of nitrogens with zero attached hydrogens (tertiary/aromatic N) is 2. The van der Waals surface area contributed by atoms with E-state index >= 15 is 0 Å². The monoisotopic (exact) mass is 662 g/mol. The summed E-state index contributed by atoms with van der Waals surface area (Å²) in [5.74, 6) is 0. The molecule has 0 N–H and O–H groups in total. The van der Waals surface area contributed by atoms with Gasteiger partial charge in [-0.2, -0.15) is 0 Å². The Morgan fingerprint density at radius 2 is 0.923 bits per heavy atom. The first-order valence-corrected chi connectivity index (χ1v) is 17.9.